The van der Waals surface area contributed by atoms with Crippen LogP contribution in [0.1, 0.15) is 42.5 Å². The van der Waals surface area contributed by atoms with Crippen molar-refractivity contribution < 1.29 is 14.3 Å². The zero-order valence-corrected chi connectivity index (χ0v) is 14.2. The zero-order valence-electron chi connectivity index (χ0n) is 14.2. The summed E-state index contributed by atoms with van der Waals surface area (Å²) >= 11 is 0. The van der Waals surface area contributed by atoms with Gasteiger partial charge in [-0.25, -0.2) is 0 Å². The van der Waals surface area contributed by atoms with Gasteiger partial charge >= 0.3 is 0 Å². The molecule has 0 radical (unpaired) electrons. The van der Waals surface area contributed by atoms with E-state index in [2.05, 4.69) is 0 Å². The fraction of sp³-hybridized carbons (Fsp3) is 0.286. The fourth-order valence-electron chi connectivity index (χ4n) is 3.68. The predicted octanol–water partition coefficient (Wildman–Crippen LogP) is 3.18. The van der Waals surface area contributed by atoms with Crippen molar-refractivity contribution >= 4 is 27.7 Å². The Bertz CT molecular complexity index is 1140. The molecule has 0 aliphatic heterocycles. The highest BCUT2D eigenvalue weighted by Gasteiger charge is 2.37. The highest BCUT2D eigenvalue weighted by atomic mass is 16.3. The maximum Gasteiger partial charge on any atom is 0.237 e. The lowest BCUT2D eigenvalue weighted by atomic mass is 9.79. The van der Waals surface area contributed by atoms with Crippen LogP contribution in [0.25, 0.3) is 21.9 Å². The van der Waals surface area contributed by atoms with Crippen LogP contribution in [0.3, 0.4) is 0 Å². The van der Waals surface area contributed by atoms with Crippen LogP contribution in [0.5, 0.6) is 0 Å². The normalized spacial score (nSPS) is 16.7. The Labute approximate surface area is 148 Å². The van der Waals surface area contributed by atoms with E-state index in [1.807, 2.05) is 0 Å². The van der Waals surface area contributed by atoms with E-state index in [1.54, 1.807) is 24.3 Å². The molecule has 3 aromatic rings. The third-order valence-electron chi connectivity index (χ3n) is 5.15. The Kier molecular flexibility index (Phi) is 3.96. The lowest BCUT2D eigenvalue weighted by molar-refractivity contribution is 0.0116. The van der Waals surface area contributed by atoms with Crippen LogP contribution >= 0.6 is 0 Å². The van der Waals surface area contributed by atoms with E-state index < -0.39 is 22.2 Å². The SMILES string of the molecule is O=C(c1ccc2oc3ccccc3c(=O)c(=O)c2c1)C1(O)CCCCC1. The maximum atomic E-state index is 12.8. The molecule has 1 aromatic heterocycles. The number of benzene rings is 2. The highest BCUT2D eigenvalue weighted by molar-refractivity contribution is 6.04. The molecule has 0 saturated heterocycles. The minimum absolute atomic E-state index is 0.0523. The van der Waals surface area contributed by atoms with E-state index in [0.29, 0.717) is 18.4 Å². The number of carbonyl (C=O) groups is 1. The molecule has 1 fully saturated rings. The summed E-state index contributed by atoms with van der Waals surface area (Å²) in [5, 5.41) is 10.9. The molecule has 5 heteroatoms. The van der Waals surface area contributed by atoms with E-state index >= 15 is 0 Å². The molecule has 1 heterocycles. The van der Waals surface area contributed by atoms with Gasteiger partial charge in [-0.15, -0.1) is 0 Å². The van der Waals surface area contributed by atoms with Gasteiger partial charge in [0, 0.05) is 5.56 Å². The van der Waals surface area contributed by atoms with Gasteiger partial charge in [-0.05, 0) is 43.2 Å². The first-order valence-corrected chi connectivity index (χ1v) is 8.77. The van der Waals surface area contributed by atoms with E-state index in [-0.39, 0.29) is 21.9 Å². The number of Topliss-reactive ketones (excluding diaryl/α,β-unsaturated/α-hetero) is 1. The fourth-order valence-corrected chi connectivity index (χ4v) is 3.68. The molecule has 1 aliphatic rings. The van der Waals surface area contributed by atoms with Gasteiger partial charge in [-0.1, -0.05) is 31.4 Å². The van der Waals surface area contributed by atoms with Gasteiger partial charge in [-0.2, -0.15) is 0 Å². The quantitative estimate of drug-likeness (QED) is 0.567. The largest absolute Gasteiger partial charge is 0.456 e. The highest BCUT2D eigenvalue weighted by Crippen LogP contribution is 2.31. The van der Waals surface area contributed by atoms with E-state index in [4.69, 9.17) is 4.42 Å². The van der Waals surface area contributed by atoms with E-state index in [0.717, 1.165) is 19.3 Å². The number of aliphatic hydroxyl groups is 1. The Hall–Kier alpha value is -2.79. The van der Waals surface area contributed by atoms with Gasteiger partial charge in [0.2, 0.25) is 10.9 Å². The second kappa shape index (κ2) is 6.18. The Morgan fingerprint density at radius 2 is 1.54 bits per heavy atom. The first-order valence-electron chi connectivity index (χ1n) is 8.77. The van der Waals surface area contributed by atoms with Crippen LogP contribution < -0.4 is 10.9 Å². The van der Waals surface area contributed by atoms with E-state index in [1.165, 1.54) is 18.2 Å². The molecule has 5 nitrogen and oxygen atoms in total. The summed E-state index contributed by atoms with van der Waals surface area (Å²) in [5.74, 6) is -0.401. The van der Waals surface area contributed by atoms with Crippen LogP contribution in [0.4, 0.5) is 0 Å². The molecule has 132 valence electrons. The van der Waals surface area contributed by atoms with Crippen molar-refractivity contribution in [2.75, 3.05) is 0 Å². The molecule has 1 saturated carbocycles. The molecule has 26 heavy (non-hydrogen) atoms. The summed E-state index contributed by atoms with van der Waals surface area (Å²) in [6.07, 6.45) is 3.42. The van der Waals surface area contributed by atoms with Crippen LogP contribution in [-0.4, -0.2) is 16.5 Å². The molecule has 2 aromatic carbocycles. The average molecular weight is 350 g/mol. The summed E-state index contributed by atoms with van der Waals surface area (Å²) < 4.78 is 5.73. The van der Waals surface area contributed by atoms with Crippen molar-refractivity contribution in [3.05, 3.63) is 68.5 Å². The first-order chi connectivity index (χ1) is 12.5. The molecule has 0 unspecified atom stereocenters. The number of hydrogen-bond acceptors (Lipinski definition) is 5. The monoisotopic (exact) mass is 350 g/mol. The van der Waals surface area contributed by atoms with Crippen LogP contribution in [-0.2, 0) is 0 Å². The van der Waals surface area contributed by atoms with Crippen LogP contribution in [0, 0.1) is 0 Å². The molecule has 4 rings (SSSR count). The number of para-hydroxylation sites is 1. The van der Waals surface area contributed by atoms with Crippen molar-refractivity contribution in [2.24, 2.45) is 0 Å². The molecule has 0 amide bonds. The van der Waals surface area contributed by atoms with Gasteiger partial charge in [-0.3, -0.25) is 14.4 Å². The van der Waals surface area contributed by atoms with Crippen molar-refractivity contribution in [2.45, 2.75) is 37.7 Å². The van der Waals surface area contributed by atoms with Gasteiger partial charge in [0.25, 0.3) is 0 Å². The van der Waals surface area contributed by atoms with Crippen molar-refractivity contribution in [3.63, 3.8) is 0 Å². The molecular formula is C21H18O5. The smallest absolute Gasteiger partial charge is 0.237 e. The minimum Gasteiger partial charge on any atom is -0.456 e. The number of ketones is 1. The number of carbonyl (C=O) groups excluding carboxylic acids is 1. The Morgan fingerprint density at radius 1 is 0.885 bits per heavy atom. The Balaban J connectivity index is 1.94. The van der Waals surface area contributed by atoms with Crippen LogP contribution in [0.15, 0.2) is 56.5 Å². The van der Waals surface area contributed by atoms with Gasteiger partial charge in [0.1, 0.15) is 16.8 Å². The number of rotatable bonds is 2. The van der Waals surface area contributed by atoms with Gasteiger partial charge in [0.15, 0.2) is 5.78 Å². The van der Waals surface area contributed by atoms with E-state index in [9.17, 15) is 19.5 Å². The summed E-state index contributed by atoms with van der Waals surface area (Å²) in [6.45, 7) is 0. The third kappa shape index (κ3) is 2.65. The zero-order chi connectivity index (χ0) is 18.3. The van der Waals surface area contributed by atoms with Crippen LogP contribution in [0.2, 0.25) is 0 Å². The summed E-state index contributed by atoms with van der Waals surface area (Å²) in [7, 11) is 0. The standard InChI is InChI=1S/C21H18O5/c22-18-14-6-2-3-7-16(14)26-17-9-8-13(12-15(17)19(18)23)20(24)21(25)10-4-1-5-11-21/h2-3,6-9,12,25H,1,4-5,10-11H2. The minimum atomic E-state index is -1.39. The average Bonchev–Trinajstić information content (AvgIpc) is 2.77. The number of hydrogen-bond donors (Lipinski definition) is 1. The maximum absolute atomic E-state index is 12.8. The molecule has 0 bridgehead atoms. The third-order valence-corrected chi connectivity index (χ3v) is 5.15. The molecular weight excluding hydrogens is 332 g/mol. The van der Waals surface area contributed by atoms with Gasteiger partial charge < -0.3 is 9.52 Å². The predicted molar refractivity (Wildman–Crippen MR) is 98.6 cm³/mol. The van der Waals surface area contributed by atoms with Crippen molar-refractivity contribution in [1.82, 2.24) is 0 Å². The molecule has 1 aliphatic carbocycles. The number of fused-ring (bicyclic) bond motifs is 2. The first kappa shape index (κ1) is 16.7. The topological polar surface area (TPSA) is 84.6 Å². The second-order valence-corrected chi connectivity index (χ2v) is 6.89. The van der Waals surface area contributed by atoms with Crippen molar-refractivity contribution in [1.29, 1.82) is 0 Å². The summed E-state index contributed by atoms with van der Waals surface area (Å²) in [6, 6.07) is 11.0. The summed E-state index contributed by atoms with van der Waals surface area (Å²) in [4.78, 5) is 37.9. The lowest BCUT2D eigenvalue weighted by Gasteiger charge is -2.30. The lowest BCUT2D eigenvalue weighted by Crippen LogP contribution is -2.40. The summed E-state index contributed by atoms with van der Waals surface area (Å²) in [5.41, 5.74) is -2.00. The van der Waals surface area contributed by atoms with Gasteiger partial charge in [0.05, 0.1) is 10.8 Å². The molecule has 0 spiro atoms. The molecule has 1 N–H and O–H groups in total. The van der Waals surface area contributed by atoms with Crippen molar-refractivity contribution in [3.8, 4) is 0 Å². The molecule has 0 atom stereocenters. The second-order valence-electron chi connectivity index (χ2n) is 6.89. The Morgan fingerprint density at radius 3 is 2.31 bits per heavy atom.